The number of anilines is 1. The molecule has 2 aromatic carbocycles. The van der Waals surface area contributed by atoms with Gasteiger partial charge in [-0.25, -0.2) is 17.6 Å². The van der Waals surface area contributed by atoms with E-state index in [0.29, 0.717) is 12.1 Å². The number of nitrogens with zero attached hydrogens (tertiary/aromatic N) is 3. The van der Waals surface area contributed by atoms with Crippen molar-refractivity contribution in [2.24, 2.45) is 5.92 Å². The minimum atomic E-state index is -4.12. The van der Waals surface area contributed by atoms with Crippen LogP contribution in [0.4, 0.5) is 10.1 Å². The number of carbonyl (C=O) groups is 2. The molecule has 0 radical (unpaired) electrons. The summed E-state index contributed by atoms with van der Waals surface area (Å²) in [5.41, 5.74) is 0.381. The molecule has 1 fully saturated rings. The van der Waals surface area contributed by atoms with Crippen molar-refractivity contribution in [3.63, 3.8) is 0 Å². The van der Waals surface area contributed by atoms with Gasteiger partial charge in [-0.05, 0) is 55.8 Å². The Morgan fingerprint density at radius 1 is 1.18 bits per heavy atom. The highest BCUT2D eigenvalue weighted by molar-refractivity contribution is 7.89. The largest absolute Gasteiger partial charge is 0.476 e. The molecular formula is C26H29FN4O7S. The zero-order valence-corrected chi connectivity index (χ0v) is 22.5. The number of rotatable bonds is 9. The summed E-state index contributed by atoms with van der Waals surface area (Å²) in [4.78, 5) is 24.1. The molecule has 1 amide bonds. The Hall–Kier alpha value is -3.81. The summed E-state index contributed by atoms with van der Waals surface area (Å²) < 4.78 is 54.8. The summed E-state index contributed by atoms with van der Waals surface area (Å²) in [5, 5.41) is 16.5. The summed E-state index contributed by atoms with van der Waals surface area (Å²) in [6.45, 7) is 5.80. The second-order valence-corrected chi connectivity index (χ2v) is 11.0. The number of carboxylic acid groups (broad SMARTS) is 1. The Bertz CT molecular complexity index is 1480. The zero-order valence-electron chi connectivity index (χ0n) is 21.7. The Balaban J connectivity index is 1.83. The number of hydrogen-bond acceptors (Lipinski definition) is 7. The second-order valence-electron chi connectivity index (χ2n) is 9.05. The monoisotopic (exact) mass is 560 g/mol. The minimum Gasteiger partial charge on any atom is -0.476 e. The fourth-order valence-corrected chi connectivity index (χ4v) is 5.46. The molecule has 1 aliphatic heterocycles. The fraction of sp³-hybridized carbons (Fsp3) is 0.346. The van der Waals surface area contributed by atoms with E-state index in [2.05, 4.69) is 10.4 Å². The van der Waals surface area contributed by atoms with Crippen molar-refractivity contribution in [2.75, 3.05) is 31.6 Å². The number of hydrogen-bond donors (Lipinski definition) is 2. The molecule has 0 bridgehead atoms. The van der Waals surface area contributed by atoms with Gasteiger partial charge in [-0.2, -0.15) is 14.1 Å². The van der Waals surface area contributed by atoms with E-state index in [1.807, 2.05) is 6.92 Å². The standard InChI is InChI=1S/C26H29FN4O7S/c1-4-16(2)24(32)28-19-7-10-21(22(15-19)39(35,36)30-11-13-37-14-12-30)38-25-17(3)23(26(33)34)29-31(25)20-8-5-18(27)6-9-20/h5-10,15-16H,4,11-14H2,1-3H3,(H,28,32)(H,33,34)/t16-/m0/s1. The molecule has 0 spiro atoms. The fourth-order valence-electron chi connectivity index (χ4n) is 3.91. The van der Waals surface area contributed by atoms with Crippen molar-refractivity contribution in [1.82, 2.24) is 14.1 Å². The number of halogens is 1. The summed E-state index contributed by atoms with van der Waals surface area (Å²) in [5.74, 6) is -2.54. The number of benzene rings is 2. The van der Waals surface area contributed by atoms with Crippen LogP contribution in [0.5, 0.6) is 11.6 Å². The molecule has 1 atom stereocenters. The third-order valence-corrected chi connectivity index (χ3v) is 8.33. The number of ether oxygens (including phenoxy) is 2. The maximum atomic E-state index is 13.7. The maximum absolute atomic E-state index is 13.7. The van der Waals surface area contributed by atoms with E-state index in [9.17, 15) is 27.5 Å². The summed E-state index contributed by atoms with van der Waals surface area (Å²) >= 11 is 0. The molecule has 0 unspecified atom stereocenters. The van der Waals surface area contributed by atoms with Gasteiger partial charge in [0.25, 0.3) is 0 Å². The van der Waals surface area contributed by atoms with E-state index in [4.69, 9.17) is 9.47 Å². The number of amides is 1. The molecule has 2 N–H and O–H groups in total. The number of aromatic nitrogens is 2. The predicted molar refractivity (Wildman–Crippen MR) is 139 cm³/mol. The molecule has 0 saturated carbocycles. The number of nitrogens with one attached hydrogen (secondary N) is 1. The smallest absolute Gasteiger partial charge is 0.356 e. The third kappa shape index (κ3) is 5.95. The molecule has 1 aromatic heterocycles. The van der Waals surface area contributed by atoms with E-state index in [0.717, 1.165) is 0 Å². The maximum Gasteiger partial charge on any atom is 0.356 e. The van der Waals surface area contributed by atoms with Crippen molar-refractivity contribution in [3.8, 4) is 17.3 Å². The van der Waals surface area contributed by atoms with E-state index < -0.39 is 21.8 Å². The van der Waals surface area contributed by atoms with Crippen LogP contribution in [0.25, 0.3) is 5.69 Å². The quantitative estimate of drug-likeness (QED) is 0.403. The van der Waals surface area contributed by atoms with Gasteiger partial charge in [0.15, 0.2) is 5.69 Å². The van der Waals surface area contributed by atoms with E-state index in [-0.39, 0.29) is 71.6 Å². The van der Waals surface area contributed by atoms with Gasteiger partial charge in [-0.3, -0.25) is 4.79 Å². The summed E-state index contributed by atoms with van der Waals surface area (Å²) in [6, 6.07) is 9.34. The molecule has 39 heavy (non-hydrogen) atoms. The number of carboxylic acids is 1. The average Bonchev–Trinajstić information content (AvgIpc) is 3.25. The van der Waals surface area contributed by atoms with Crippen LogP contribution in [0, 0.1) is 18.7 Å². The van der Waals surface area contributed by atoms with Crippen molar-refractivity contribution in [2.45, 2.75) is 32.1 Å². The van der Waals surface area contributed by atoms with Crippen LogP contribution in [0.2, 0.25) is 0 Å². The number of carbonyl (C=O) groups excluding carboxylic acids is 1. The predicted octanol–water partition coefficient (Wildman–Crippen LogP) is 3.82. The van der Waals surface area contributed by atoms with Gasteiger partial charge < -0.3 is 19.9 Å². The SMILES string of the molecule is CC[C@H](C)C(=O)Nc1ccc(Oc2c(C)c(C(=O)O)nn2-c2ccc(F)cc2)c(S(=O)(=O)N2CCOCC2)c1. The van der Waals surface area contributed by atoms with Gasteiger partial charge in [-0.15, -0.1) is 0 Å². The Labute approximate surface area is 225 Å². The minimum absolute atomic E-state index is 0.0613. The first kappa shape index (κ1) is 28.2. The van der Waals surface area contributed by atoms with E-state index in [1.54, 1.807) is 6.92 Å². The first-order valence-corrected chi connectivity index (χ1v) is 13.8. The molecule has 1 aliphatic rings. The lowest BCUT2D eigenvalue weighted by Gasteiger charge is -2.27. The number of morpholine rings is 1. The summed E-state index contributed by atoms with van der Waals surface area (Å²) in [6.07, 6.45) is 0.602. The number of aromatic carboxylic acids is 1. The molecule has 0 aliphatic carbocycles. The topological polar surface area (TPSA) is 140 Å². The van der Waals surface area contributed by atoms with Crippen molar-refractivity contribution in [3.05, 3.63) is 59.5 Å². The third-order valence-electron chi connectivity index (χ3n) is 6.41. The molecule has 3 aromatic rings. The van der Waals surface area contributed by atoms with Crippen LogP contribution >= 0.6 is 0 Å². The van der Waals surface area contributed by atoms with Gasteiger partial charge in [0.1, 0.15) is 16.5 Å². The van der Waals surface area contributed by atoms with Gasteiger partial charge in [-0.1, -0.05) is 13.8 Å². The van der Waals surface area contributed by atoms with Crippen molar-refractivity contribution in [1.29, 1.82) is 0 Å². The lowest BCUT2D eigenvalue weighted by atomic mass is 10.1. The van der Waals surface area contributed by atoms with Gasteiger partial charge in [0.2, 0.25) is 21.8 Å². The van der Waals surface area contributed by atoms with E-state index in [1.165, 1.54) is 58.4 Å². The lowest BCUT2D eigenvalue weighted by Crippen LogP contribution is -2.40. The lowest BCUT2D eigenvalue weighted by molar-refractivity contribution is -0.119. The Morgan fingerprint density at radius 3 is 2.46 bits per heavy atom. The van der Waals surface area contributed by atoms with Crippen molar-refractivity contribution >= 4 is 27.6 Å². The van der Waals surface area contributed by atoms with Crippen molar-refractivity contribution < 1.29 is 37.0 Å². The first-order chi connectivity index (χ1) is 18.5. The second kappa shape index (κ2) is 11.5. The molecule has 1 saturated heterocycles. The van der Waals surface area contributed by atoms with Gasteiger partial charge in [0, 0.05) is 30.3 Å². The molecule has 208 valence electrons. The van der Waals surface area contributed by atoms with Gasteiger partial charge in [0.05, 0.1) is 18.9 Å². The molecule has 13 heteroatoms. The molecule has 11 nitrogen and oxygen atoms in total. The summed E-state index contributed by atoms with van der Waals surface area (Å²) in [7, 11) is -4.12. The van der Waals surface area contributed by atoms with Crippen LogP contribution in [-0.4, -0.2) is 65.8 Å². The average molecular weight is 561 g/mol. The molecule has 4 rings (SSSR count). The first-order valence-electron chi connectivity index (χ1n) is 12.3. The highest BCUT2D eigenvalue weighted by Crippen LogP contribution is 2.36. The molecular weight excluding hydrogens is 531 g/mol. The van der Waals surface area contributed by atoms with Crippen LogP contribution in [0.15, 0.2) is 47.4 Å². The van der Waals surface area contributed by atoms with E-state index >= 15 is 0 Å². The highest BCUT2D eigenvalue weighted by Gasteiger charge is 2.32. The van der Waals surface area contributed by atoms with Crippen LogP contribution < -0.4 is 10.1 Å². The van der Waals surface area contributed by atoms with Crippen LogP contribution in [-0.2, 0) is 19.6 Å². The normalized spacial score (nSPS) is 15.1. The highest BCUT2D eigenvalue weighted by atomic mass is 32.2. The Morgan fingerprint density at radius 2 is 1.85 bits per heavy atom. The van der Waals surface area contributed by atoms with Gasteiger partial charge >= 0.3 is 5.97 Å². The zero-order chi connectivity index (χ0) is 28.3. The molecule has 2 heterocycles. The Kier molecular flexibility index (Phi) is 8.33. The van der Waals surface area contributed by atoms with Crippen LogP contribution in [0.3, 0.4) is 0 Å². The number of sulfonamides is 1. The van der Waals surface area contributed by atoms with Crippen LogP contribution in [0.1, 0.15) is 36.3 Å².